The zero-order valence-electron chi connectivity index (χ0n) is 16.3. The predicted molar refractivity (Wildman–Crippen MR) is 108 cm³/mol. The molecule has 1 heterocycles. The molecule has 1 atom stereocenters. The molecular weight excluding hydrogens is 372 g/mol. The fourth-order valence-electron chi connectivity index (χ4n) is 3.24. The Kier molecular flexibility index (Phi) is 6.07. The van der Waals surface area contributed by atoms with Crippen LogP contribution in [0, 0.1) is 5.92 Å². The minimum atomic E-state index is -0.551. The van der Waals surface area contributed by atoms with Gasteiger partial charge in [-0.2, -0.15) is 0 Å². The summed E-state index contributed by atoms with van der Waals surface area (Å²) in [4.78, 5) is 50.2. The summed E-state index contributed by atoms with van der Waals surface area (Å²) in [6.07, 6.45) is 0.0501. The van der Waals surface area contributed by atoms with Crippen LogP contribution in [0.1, 0.15) is 41.0 Å². The van der Waals surface area contributed by atoms with Crippen molar-refractivity contribution in [2.24, 2.45) is 5.92 Å². The molecule has 0 aromatic heterocycles. The van der Waals surface area contributed by atoms with Gasteiger partial charge in [-0.3, -0.25) is 14.4 Å². The molecule has 1 fully saturated rings. The highest BCUT2D eigenvalue weighted by atomic mass is 16.5. The van der Waals surface area contributed by atoms with E-state index >= 15 is 0 Å². The van der Waals surface area contributed by atoms with E-state index in [1.54, 1.807) is 55.5 Å². The molecule has 0 aliphatic carbocycles. The molecule has 1 aliphatic heterocycles. The van der Waals surface area contributed by atoms with Gasteiger partial charge >= 0.3 is 5.97 Å². The Hall–Kier alpha value is -3.48. The summed E-state index contributed by atoms with van der Waals surface area (Å²) in [5, 5.41) is 2.78. The lowest BCUT2D eigenvalue weighted by atomic mass is 10.1. The number of benzene rings is 2. The standard InChI is InChI=1S/C22H22N2O5/c1-3-29-22(28)18-6-4-5-7-19(18)24-13-16(12-20(24)26)21(27)23-17-10-8-15(9-11-17)14(2)25/h4-11,16H,3,12-13H2,1-2H3,(H,23,27). The highest BCUT2D eigenvalue weighted by molar-refractivity contribution is 6.07. The smallest absolute Gasteiger partial charge is 0.340 e. The van der Waals surface area contributed by atoms with E-state index in [0.717, 1.165) is 0 Å². The Bertz CT molecular complexity index is 952. The van der Waals surface area contributed by atoms with Crippen LogP contribution in [0.3, 0.4) is 0 Å². The number of nitrogens with zero attached hydrogens (tertiary/aromatic N) is 1. The minimum absolute atomic E-state index is 0.0501. The molecule has 1 unspecified atom stereocenters. The summed E-state index contributed by atoms with van der Waals surface area (Å²) in [7, 11) is 0. The maximum absolute atomic E-state index is 12.6. The van der Waals surface area contributed by atoms with E-state index in [-0.39, 0.29) is 37.2 Å². The lowest BCUT2D eigenvalue weighted by molar-refractivity contribution is -0.122. The summed E-state index contributed by atoms with van der Waals surface area (Å²) < 4.78 is 5.06. The van der Waals surface area contributed by atoms with Crippen LogP contribution in [-0.2, 0) is 14.3 Å². The van der Waals surface area contributed by atoms with Crippen molar-refractivity contribution in [3.8, 4) is 0 Å². The molecule has 29 heavy (non-hydrogen) atoms. The molecule has 0 saturated carbocycles. The number of amides is 2. The molecule has 2 aromatic rings. The van der Waals surface area contributed by atoms with E-state index in [2.05, 4.69) is 5.32 Å². The normalized spacial score (nSPS) is 15.9. The van der Waals surface area contributed by atoms with Gasteiger partial charge in [-0.1, -0.05) is 12.1 Å². The quantitative estimate of drug-likeness (QED) is 0.600. The largest absolute Gasteiger partial charge is 0.462 e. The van der Waals surface area contributed by atoms with Crippen LogP contribution in [-0.4, -0.2) is 36.7 Å². The van der Waals surface area contributed by atoms with Gasteiger partial charge in [0, 0.05) is 24.2 Å². The molecule has 0 spiro atoms. The van der Waals surface area contributed by atoms with Crippen LogP contribution < -0.4 is 10.2 Å². The van der Waals surface area contributed by atoms with Crippen molar-refractivity contribution in [1.82, 2.24) is 0 Å². The average Bonchev–Trinajstić information content (AvgIpc) is 3.10. The number of nitrogens with one attached hydrogen (secondary N) is 1. The number of ether oxygens (including phenoxy) is 1. The lowest BCUT2D eigenvalue weighted by Crippen LogP contribution is -2.29. The van der Waals surface area contributed by atoms with E-state index in [1.807, 2.05) is 0 Å². The van der Waals surface area contributed by atoms with Crippen molar-refractivity contribution < 1.29 is 23.9 Å². The summed E-state index contributed by atoms with van der Waals surface area (Å²) in [5.74, 6) is -1.63. The monoisotopic (exact) mass is 394 g/mol. The first kappa shape index (κ1) is 20.3. The van der Waals surface area contributed by atoms with E-state index in [9.17, 15) is 19.2 Å². The molecule has 2 amide bonds. The third-order valence-electron chi connectivity index (χ3n) is 4.74. The maximum atomic E-state index is 12.6. The number of hydrogen-bond acceptors (Lipinski definition) is 5. The van der Waals surface area contributed by atoms with Crippen molar-refractivity contribution >= 4 is 34.9 Å². The van der Waals surface area contributed by atoms with Crippen molar-refractivity contribution in [3.63, 3.8) is 0 Å². The number of Topliss-reactive ketones (excluding diaryl/α,β-unsaturated/α-hetero) is 1. The fourth-order valence-corrected chi connectivity index (χ4v) is 3.24. The van der Waals surface area contributed by atoms with Crippen LogP contribution in [0.15, 0.2) is 48.5 Å². The van der Waals surface area contributed by atoms with Crippen molar-refractivity contribution in [1.29, 1.82) is 0 Å². The Balaban J connectivity index is 1.73. The van der Waals surface area contributed by atoms with Crippen LogP contribution in [0.4, 0.5) is 11.4 Å². The van der Waals surface area contributed by atoms with E-state index in [0.29, 0.717) is 22.5 Å². The van der Waals surface area contributed by atoms with Crippen molar-refractivity contribution in [3.05, 3.63) is 59.7 Å². The van der Waals surface area contributed by atoms with E-state index < -0.39 is 11.9 Å². The molecule has 1 N–H and O–H groups in total. The third-order valence-corrected chi connectivity index (χ3v) is 4.74. The van der Waals surface area contributed by atoms with E-state index in [1.165, 1.54) is 11.8 Å². The number of rotatable bonds is 6. The lowest BCUT2D eigenvalue weighted by Gasteiger charge is -2.19. The Labute approximate surface area is 168 Å². The number of anilines is 2. The van der Waals surface area contributed by atoms with Crippen molar-refractivity contribution in [2.75, 3.05) is 23.4 Å². The van der Waals surface area contributed by atoms with Gasteiger partial charge in [-0.25, -0.2) is 4.79 Å². The molecular formula is C22H22N2O5. The summed E-state index contributed by atoms with van der Waals surface area (Å²) in [6, 6.07) is 13.3. The van der Waals surface area contributed by atoms with Gasteiger partial charge in [0.25, 0.3) is 0 Å². The average molecular weight is 394 g/mol. The topological polar surface area (TPSA) is 92.8 Å². The van der Waals surface area contributed by atoms with E-state index in [4.69, 9.17) is 4.74 Å². The van der Waals surface area contributed by atoms with Gasteiger partial charge in [0.15, 0.2) is 5.78 Å². The SMILES string of the molecule is CCOC(=O)c1ccccc1N1CC(C(=O)Nc2ccc(C(C)=O)cc2)CC1=O. The van der Waals surface area contributed by atoms with Gasteiger partial charge in [0.2, 0.25) is 11.8 Å². The molecule has 0 bridgehead atoms. The zero-order valence-corrected chi connectivity index (χ0v) is 16.3. The molecule has 1 saturated heterocycles. The van der Waals surface area contributed by atoms with Crippen LogP contribution in [0.2, 0.25) is 0 Å². The number of ketones is 1. The maximum Gasteiger partial charge on any atom is 0.340 e. The summed E-state index contributed by atoms with van der Waals surface area (Å²) in [6.45, 7) is 3.59. The number of para-hydroxylation sites is 1. The summed E-state index contributed by atoms with van der Waals surface area (Å²) >= 11 is 0. The summed E-state index contributed by atoms with van der Waals surface area (Å²) in [5.41, 5.74) is 1.85. The second kappa shape index (κ2) is 8.68. The fraction of sp³-hybridized carbons (Fsp3) is 0.273. The first-order chi connectivity index (χ1) is 13.9. The van der Waals surface area contributed by atoms with Crippen LogP contribution in [0.25, 0.3) is 0 Å². The van der Waals surface area contributed by atoms with Gasteiger partial charge in [-0.05, 0) is 50.2 Å². The molecule has 2 aromatic carbocycles. The van der Waals surface area contributed by atoms with Gasteiger partial charge in [0.05, 0.1) is 23.8 Å². The third kappa shape index (κ3) is 4.51. The van der Waals surface area contributed by atoms with Crippen LogP contribution >= 0.6 is 0 Å². The Morgan fingerprint density at radius 1 is 1.10 bits per heavy atom. The highest BCUT2D eigenvalue weighted by Crippen LogP contribution is 2.29. The number of hydrogen-bond donors (Lipinski definition) is 1. The molecule has 150 valence electrons. The number of carbonyl (C=O) groups is 4. The Morgan fingerprint density at radius 3 is 2.45 bits per heavy atom. The number of carbonyl (C=O) groups excluding carboxylic acids is 4. The van der Waals surface area contributed by atoms with Crippen LogP contribution in [0.5, 0.6) is 0 Å². The van der Waals surface area contributed by atoms with Gasteiger partial charge in [0.1, 0.15) is 0 Å². The predicted octanol–water partition coefficient (Wildman–Crippen LogP) is 3.06. The van der Waals surface area contributed by atoms with Gasteiger partial charge in [-0.15, -0.1) is 0 Å². The van der Waals surface area contributed by atoms with Crippen molar-refractivity contribution in [2.45, 2.75) is 20.3 Å². The van der Waals surface area contributed by atoms with Gasteiger partial charge < -0.3 is 15.0 Å². The first-order valence-electron chi connectivity index (χ1n) is 9.39. The highest BCUT2D eigenvalue weighted by Gasteiger charge is 2.36. The number of esters is 1. The molecule has 3 rings (SSSR count). The minimum Gasteiger partial charge on any atom is -0.462 e. The molecule has 1 aliphatic rings. The second-order valence-corrected chi connectivity index (χ2v) is 6.77. The first-order valence-corrected chi connectivity index (χ1v) is 9.39. The second-order valence-electron chi connectivity index (χ2n) is 6.77. The molecule has 7 heteroatoms. The molecule has 0 radical (unpaired) electrons. The molecule has 7 nitrogen and oxygen atoms in total. The zero-order chi connectivity index (χ0) is 21.0. The Morgan fingerprint density at radius 2 is 1.79 bits per heavy atom.